The zero-order chi connectivity index (χ0) is 14.2. The number of aryl methyl sites for hydroxylation is 1. The maximum Gasteiger partial charge on any atom is 0.261 e. The van der Waals surface area contributed by atoms with E-state index in [4.69, 9.17) is 10.5 Å². The smallest absolute Gasteiger partial charge is 0.261 e. The minimum atomic E-state index is -0.725. The zero-order valence-electron chi connectivity index (χ0n) is 12.2. The fraction of sp³-hybridized carbons (Fsp3) is 0.588. The first-order chi connectivity index (χ1) is 9.61. The van der Waals surface area contributed by atoms with Crippen molar-refractivity contribution >= 4 is 5.91 Å². The van der Waals surface area contributed by atoms with Crippen molar-refractivity contribution in [3.05, 3.63) is 29.3 Å². The van der Waals surface area contributed by atoms with Crippen molar-refractivity contribution in [3.8, 4) is 5.75 Å². The summed E-state index contributed by atoms with van der Waals surface area (Å²) in [7, 11) is 0. The summed E-state index contributed by atoms with van der Waals surface area (Å²) in [5, 5.41) is 0. The number of primary amides is 1. The quantitative estimate of drug-likeness (QED) is 0.913. The summed E-state index contributed by atoms with van der Waals surface area (Å²) in [6, 6.07) is 6.38. The van der Waals surface area contributed by atoms with Gasteiger partial charge in [-0.1, -0.05) is 31.4 Å². The van der Waals surface area contributed by atoms with E-state index in [1.807, 2.05) is 0 Å². The second-order valence-corrected chi connectivity index (χ2v) is 6.34. The molecule has 1 aromatic carbocycles. The van der Waals surface area contributed by atoms with E-state index in [0.717, 1.165) is 18.6 Å². The van der Waals surface area contributed by atoms with Crippen molar-refractivity contribution in [2.45, 2.75) is 63.4 Å². The van der Waals surface area contributed by atoms with Crippen molar-refractivity contribution in [1.82, 2.24) is 0 Å². The molecule has 3 nitrogen and oxygen atoms in total. The van der Waals surface area contributed by atoms with Crippen molar-refractivity contribution in [2.24, 2.45) is 5.73 Å². The summed E-state index contributed by atoms with van der Waals surface area (Å²) >= 11 is 0. The Morgan fingerprint density at radius 1 is 1.25 bits per heavy atom. The minimum Gasteiger partial charge on any atom is -0.477 e. The number of carbonyl (C=O) groups excluding carboxylic acids is 1. The van der Waals surface area contributed by atoms with Gasteiger partial charge in [0.25, 0.3) is 5.91 Å². The van der Waals surface area contributed by atoms with Crippen LogP contribution in [-0.2, 0) is 4.79 Å². The highest BCUT2D eigenvalue weighted by Crippen LogP contribution is 2.44. The first-order valence-electron chi connectivity index (χ1n) is 7.70. The van der Waals surface area contributed by atoms with Gasteiger partial charge in [0.2, 0.25) is 0 Å². The van der Waals surface area contributed by atoms with Crippen LogP contribution in [0.3, 0.4) is 0 Å². The Kier molecular flexibility index (Phi) is 3.45. The van der Waals surface area contributed by atoms with E-state index >= 15 is 0 Å². The number of amides is 1. The van der Waals surface area contributed by atoms with Crippen molar-refractivity contribution in [2.75, 3.05) is 0 Å². The summed E-state index contributed by atoms with van der Waals surface area (Å²) in [6.45, 7) is 2.06. The van der Waals surface area contributed by atoms with Gasteiger partial charge in [0, 0.05) is 12.8 Å². The van der Waals surface area contributed by atoms with Crippen LogP contribution < -0.4 is 10.5 Å². The Balaban J connectivity index is 1.88. The molecule has 0 aliphatic heterocycles. The lowest BCUT2D eigenvalue weighted by molar-refractivity contribution is -0.126. The number of carbonyl (C=O) groups is 1. The molecule has 1 amide bonds. The van der Waals surface area contributed by atoms with E-state index in [2.05, 4.69) is 25.1 Å². The van der Waals surface area contributed by atoms with Gasteiger partial charge in [0.05, 0.1) is 0 Å². The molecular weight excluding hydrogens is 250 g/mol. The summed E-state index contributed by atoms with van der Waals surface area (Å²) in [5.41, 5.74) is 7.19. The molecular formula is C17H23NO2. The number of hydrogen-bond acceptors (Lipinski definition) is 2. The molecule has 0 spiro atoms. The van der Waals surface area contributed by atoms with Crippen LogP contribution in [0.1, 0.15) is 62.0 Å². The van der Waals surface area contributed by atoms with Gasteiger partial charge in [-0.05, 0) is 42.9 Å². The van der Waals surface area contributed by atoms with Crippen LogP contribution in [-0.4, -0.2) is 11.5 Å². The zero-order valence-corrected chi connectivity index (χ0v) is 12.2. The highest BCUT2D eigenvalue weighted by Gasteiger charge is 2.52. The lowest BCUT2D eigenvalue weighted by Crippen LogP contribution is -2.36. The third kappa shape index (κ3) is 2.54. The average Bonchev–Trinajstić information content (AvgIpc) is 3.21. The van der Waals surface area contributed by atoms with Gasteiger partial charge in [-0.25, -0.2) is 0 Å². The summed E-state index contributed by atoms with van der Waals surface area (Å²) < 4.78 is 6.07. The number of ether oxygens (including phenoxy) is 1. The molecule has 3 rings (SSSR count). The Bertz CT molecular complexity index is 514. The maximum atomic E-state index is 11.6. The van der Waals surface area contributed by atoms with Crippen molar-refractivity contribution < 1.29 is 9.53 Å². The molecule has 2 aliphatic carbocycles. The van der Waals surface area contributed by atoms with Crippen LogP contribution in [0.2, 0.25) is 0 Å². The number of hydrogen-bond donors (Lipinski definition) is 1. The Morgan fingerprint density at radius 3 is 2.55 bits per heavy atom. The van der Waals surface area contributed by atoms with E-state index in [1.165, 1.54) is 43.2 Å². The second kappa shape index (κ2) is 5.12. The molecule has 20 heavy (non-hydrogen) atoms. The fourth-order valence-electron chi connectivity index (χ4n) is 3.20. The van der Waals surface area contributed by atoms with Gasteiger partial charge in [-0.15, -0.1) is 0 Å². The molecule has 3 heteroatoms. The third-order valence-corrected chi connectivity index (χ3v) is 4.67. The van der Waals surface area contributed by atoms with Gasteiger partial charge >= 0.3 is 0 Å². The van der Waals surface area contributed by atoms with E-state index in [0.29, 0.717) is 5.92 Å². The molecule has 0 bridgehead atoms. The predicted molar refractivity (Wildman–Crippen MR) is 78.8 cm³/mol. The third-order valence-electron chi connectivity index (χ3n) is 4.67. The molecule has 0 radical (unpaired) electrons. The summed E-state index contributed by atoms with van der Waals surface area (Å²) in [4.78, 5) is 11.6. The molecule has 2 saturated carbocycles. The topological polar surface area (TPSA) is 52.3 Å². The lowest BCUT2D eigenvalue weighted by Gasteiger charge is -2.26. The van der Waals surface area contributed by atoms with Gasteiger partial charge in [0.1, 0.15) is 5.75 Å². The van der Waals surface area contributed by atoms with Gasteiger partial charge < -0.3 is 10.5 Å². The monoisotopic (exact) mass is 273 g/mol. The van der Waals surface area contributed by atoms with E-state index in [9.17, 15) is 4.79 Å². The molecule has 1 aromatic rings. The Morgan fingerprint density at radius 2 is 1.95 bits per heavy atom. The van der Waals surface area contributed by atoms with Crippen LogP contribution in [0, 0.1) is 6.92 Å². The summed E-state index contributed by atoms with van der Waals surface area (Å²) in [5.74, 6) is 1.13. The molecule has 108 valence electrons. The molecule has 0 aromatic heterocycles. The van der Waals surface area contributed by atoms with E-state index < -0.39 is 5.60 Å². The van der Waals surface area contributed by atoms with Crippen LogP contribution in [0.5, 0.6) is 5.75 Å². The Hall–Kier alpha value is -1.51. The normalized spacial score (nSPS) is 21.4. The second-order valence-electron chi connectivity index (χ2n) is 6.34. The van der Waals surface area contributed by atoms with Gasteiger partial charge in [0.15, 0.2) is 5.60 Å². The number of rotatable bonds is 4. The van der Waals surface area contributed by atoms with Gasteiger partial charge in [-0.3, -0.25) is 4.79 Å². The van der Waals surface area contributed by atoms with Crippen LogP contribution in [0.4, 0.5) is 0 Å². The van der Waals surface area contributed by atoms with Crippen molar-refractivity contribution in [3.63, 3.8) is 0 Å². The molecule has 0 heterocycles. The molecule has 0 saturated heterocycles. The largest absolute Gasteiger partial charge is 0.477 e. The van der Waals surface area contributed by atoms with Crippen molar-refractivity contribution in [1.29, 1.82) is 0 Å². The maximum absolute atomic E-state index is 11.6. The van der Waals surface area contributed by atoms with Crippen LogP contribution in [0.15, 0.2) is 18.2 Å². The Labute approximate surface area is 120 Å². The van der Waals surface area contributed by atoms with E-state index in [1.54, 1.807) is 0 Å². The minimum absolute atomic E-state index is 0.325. The number of nitrogens with two attached hydrogens (primary N) is 1. The first-order valence-corrected chi connectivity index (χ1v) is 7.70. The standard InChI is InChI=1S/C17H23NO2/c1-12-7-8-14(13-5-3-2-4-6-13)15(11-12)20-17(9-10-17)16(18)19/h7-8,11,13H,2-6,9-10H2,1H3,(H2,18,19). The van der Waals surface area contributed by atoms with Gasteiger partial charge in [-0.2, -0.15) is 0 Å². The SMILES string of the molecule is Cc1ccc(C2CCCCC2)c(OC2(C(N)=O)CC2)c1. The van der Waals surface area contributed by atoms with Crippen LogP contribution >= 0.6 is 0 Å². The molecule has 0 unspecified atom stereocenters. The molecule has 0 atom stereocenters. The highest BCUT2D eigenvalue weighted by atomic mass is 16.5. The predicted octanol–water partition coefficient (Wildman–Crippen LogP) is 3.44. The number of benzene rings is 1. The average molecular weight is 273 g/mol. The van der Waals surface area contributed by atoms with Crippen LogP contribution in [0.25, 0.3) is 0 Å². The molecule has 2 fully saturated rings. The fourth-order valence-corrected chi connectivity index (χ4v) is 3.20. The first kappa shape index (κ1) is 13.5. The lowest BCUT2D eigenvalue weighted by atomic mass is 9.83. The molecule has 2 N–H and O–H groups in total. The molecule has 2 aliphatic rings. The highest BCUT2D eigenvalue weighted by molar-refractivity contribution is 5.87. The van der Waals surface area contributed by atoms with E-state index in [-0.39, 0.29) is 5.91 Å². The summed E-state index contributed by atoms with van der Waals surface area (Å²) in [6.07, 6.45) is 7.87.